The molecule has 0 spiro atoms. The smallest absolute Gasteiger partial charge is 0.236 e. The van der Waals surface area contributed by atoms with Crippen LogP contribution < -0.4 is 5.32 Å². The number of nitrogens with one attached hydrogen (secondary N) is 1. The molecule has 2 aliphatic rings. The zero-order chi connectivity index (χ0) is 19.1. The van der Waals surface area contributed by atoms with E-state index in [0.29, 0.717) is 24.8 Å². The van der Waals surface area contributed by atoms with Gasteiger partial charge in [0, 0.05) is 53.2 Å². The van der Waals surface area contributed by atoms with Crippen LogP contribution in [0.15, 0.2) is 9.52 Å². The Hall–Kier alpha value is -1.43. The lowest BCUT2D eigenvalue weighted by Gasteiger charge is -2.36. The number of likely N-dealkylation sites (tertiary alicyclic amines) is 1. The van der Waals surface area contributed by atoms with Crippen molar-refractivity contribution in [3.05, 3.63) is 11.7 Å². The van der Waals surface area contributed by atoms with E-state index in [1.54, 1.807) is 14.0 Å². The molecule has 0 aromatic carbocycles. The molecule has 3 rings (SSSR count). The second-order valence-electron chi connectivity index (χ2n) is 7.19. The molecule has 9 nitrogen and oxygen atoms in total. The molecule has 1 N–H and O–H groups in total. The number of aliphatic imine (C=N–C) groups is 1. The van der Waals surface area contributed by atoms with Gasteiger partial charge in [-0.15, -0.1) is 24.0 Å². The van der Waals surface area contributed by atoms with E-state index in [9.17, 15) is 4.79 Å². The Kier molecular flexibility index (Phi) is 9.42. The van der Waals surface area contributed by atoms with E-state index < -0.39 is 0 Å². The van der Waals surface area contributed by atoms with Crippen LogP contribution in [0.2, 0.25) is 0 Å². The maximum Gasteiger partial charge on any atom is 0.236 e. The number of carbonyl (C=O) groups excluding carboxylic acids is 1. The van der Waals surface area contributed by atoms with Crippen LogP contribution in [-0.2, 0) is 11.3 Å². The zero-order valence-corrected chi connectivity index (χ0v) is 19.2. The molecule has 2 saturated heterocycles. The highest BCUT2D eigenvalue weighted by atomic mass is 127. The summed E-state index contributed by atoms with van der Waals surface area (Å²) in [6, 6.07) is 0. The van der Waals surface area contributed by atoms with Crippen LogP contribution >= 0.6 is 24.0 Å². The minimum atomic E-state index is 0. The maximum absolute atomic E-state index is 12.6. The van der Waals surface area contributed by atoms with Crippen molar-refractivity contribution in [1.82, 2.24) is 30.2 Å². The molecule has 1 aromatic heterocycles. The van der Waals surface area contributed by atoms with Crippen molar-refractivity contribution in [2.75, 3.05) is 52.9 Å². The summed E-state index contributed by atoms with van der Waals surface area (Å²) >= 11 is 0. The van der Waals surface area contributed by atoms with Gasteiger partial charge in [-0.05, 0) is 12.8 Å². The van der Waals surface area contributed by atoms with Crippen molar-refractivity contribution in [3.8, 4) is 0 Å². The number of amides is 1. The summed E-state index contributed by atoms with van der Waals surface area (Å²) in [6.07, 6.45) is 4.78. The van der Waals surface area contributed by atoms with Crippen molar-refractivity contribution in [1.29, 1.82) is 0 Å². The first-order chi connectivity index (χ1) is 13.2. The van der Waals surface area contributed by atoms with Gasteiger partial charge >= 0.3 is 0 Å². The number of halogens is 1. The molecule has 158 valence electrons. The summed E-state index contributed by atoms with van der Waals surface area (Å²) in [6.45, 7) is 8.05. The van der Waals surface area contributed by atoms with Crippen LogP contribution in [0.5, 0.6) is 0 Å². The van der Waals surface area contributed by atoms with E-state index in [0.717, 1.165) is 58.1 Å². The van der Waals surface area contributed by atoms with Gasteiger partial charge in [-0.3, -0.25) is 14.7 Å². The lowest BCUT2D eigenvalue weighted by atomic mass is 10.2. The number of hydrogen-bond donors (Lipinski definition) is 1. The Balaban J connectivity index is 0.00000280. The van der Waals surface area contributed by atoms with E-state index in [4.69, 9.17) is 4.52 Å². The summed E-state index contributed by atoms with van der Waals surface area (Å²) in [4.78, 5) is 27.6. The SMILES string of the molecule is CN=C(NCc1noc(C)n1)N1CCN(CC(=O)N2CCCCCC2)CC1.I. The highest BCUT2D eigenvalue weighted by Crippen LogP contribution is 2.11. The third-order valence-electron chi connectivity index (χ3n) is 5.18. The zero-order valence-electron chi connectivity index (χ0n) is 16.9. The topological polar surface area (TPSA) is 90.1 Å². The predicted molar refractivity (Wildman–Crippen MR) is 118 cm³/mol. The molecule has 0 aliphatic carbocycles. The molecule has 0 unspecified atom stereocenters. The average Bonchev–Trinajstić information content (AvgIpc) is 2.92. The lowest BCUT2D eigenvalue weighted by Crippen LogP contribution is -2.54. The minimum absolute atomic E-state index is 0. The third-order valence-corrected chi connectivity index (χ3v) is 5.18. The van der Waals surface area contributed by atoms with E-state index in [2.05, 4.69) is 30.2 Å². The van der Waals surface area contributed by atoms with Gasteiger partial charge in [0.05, 0.1) is 13.1 Å². The minimum Gasteiger partial charge on any atom is -0.349 e. The van der Waals surface area contributed by atoms with Gasteiger partial charge in [0.15, 0.2) is 11.8 Å². The van der Waals surface area contributed by atoms with Crippen LogP contribution in [0.4, 0.5) is 0 Å². The number of rotatable bonds is 4. The van der Waals surface area contributed by atoms with Crippen LogP contribution in [0.3, 0.4) is 0 Å². The van der Waals surface area contributed by atoms with E-state index >= 15 is 0 Å². The number of piperazine rings is 1. The Morgan fingerprint density at radius 3 is 2.32 bits per heavy atom. The molecule has 0 bridgehead atoms. The van der Waals surface area contributed by atoms with Crippen molar-refractivity contribution in [2.45, 2.75) is 39.2 Å². The summed E-state index contributed by atoms with van der Waals surface area (Å²) < 4.78 is 4.99. The highest BCUT2D eigenvalue weighted by Gasteiger charge is 2.23. The highest BCUT2D eigenvalue weighted by molar-refractivity contribution is 14.0. The molecule has 1 amide bonds. The second kappa shape index (κ2) is 11.5. The largest absolute Gasteiger partial charge is 0.349 e. The van der Waals surface area contributed by atoms with Crippen LogP contribution in [0.1, 0.15) is 37.4 Å². The molecule has 2 fully saturated rings. The number of aromatic nitrogens is 2. The van der Waals surface area contributed by atoms with E-state index in [1.165, 1.54) is 12.8 Å². The molecule has 0 radical (unpaired) electrons. The van der Waals surface area contributed by atoms with Crippen molar-refractivity contribution >= 4 is 35.8 Å². The van der Waals surface area contributed by atoms with Gasteiger partial charge in [0.25, 0.3) is 0 Å². The van der Waals surface area contributed by atoms with Crippen LogP contribution in [0.25, 0.3) is 0 Å². The predicted octanol–water partition coefficient (Wildman–Crippen LogP) is 1.09. The van der Waals surface area contributed by atoms with Gasteiger partial charge in [-0.25, -0.2) is 0 Å². The third kappa shape index (κ3) is 6.57. The number of nitrogens with zero attached hydrogens (tertiary/aromatic N) is 6. The number of hydrogen-bond acceptors (Lipinski definition) is 6. The van der Waals surface area contributed by atoms with Gasteiger partial charge in [0.2, 0.25) is 11.8 Å². The van der Waals surface area contributed by atoms with Crippen LogP contribution in [0, 0.1) is 6.92 Å². The van der Waals surface area contributed by atoms with Crippen molar-refractivity contribution in [3.63, 3.8) is 0 Å². The Labute approximate surface area is 183 Å². The first-order valence-corrected chi connectivity index (χ1v) is 9.90. The molecule has 0 atom stereocenters. The molecule has 28 heavy (non-hydrogen) atoms. The molecule has 0 saturated carbocycles. The van der Waals surface area contributed by atoms with Crippen molar-refractivity contribution in [2.24, 2.45) is 4.99 Å². The first kappa shape index (κ1) is 22.9. The van der Waals surface area contributed by atoms with Gasteiger partial charge in [-0.1, -0.05) is 18.0 Å². The standard InChI is InChI=1S/C18H31N7O2.HI/c1-15-21-16(22-27-15)13-20-18(19-2)25-11-9-23(10-12-25)14-17(26)24-7-5-3-4-6-8-24;/h3-14H2,1-2H3,(H,19,20);1H. The fourth-order valence-corrected chi connectivity index (χ4v) is 3.63. The second-order valence-corrected chi connectivity index (χ2v) is 7.19. The number of carbonyl (C=O) groups is 1. The quantitative estimate of drug-likeness (QED) is 0.372. The summed E-state index contributed by atoms with van der Waals surface area (Å²) in [5.41, 5.74) is 0. The molecular formula is C18H32IN7O2. The molecule has 10 heteroatoms. The number of guanidine groups is 1. The molecular weight excluding hydrogens is 473 g/mol. The van der Waals surface area contributed by atoms with Crippen molar-refractivity contribution < 1.29 is 9.32 Å². The van der Waals surface area contributed by atoms with E-state index in [-0.39, 0.29) is 29.9 Å². The maximum atomic E-state index is 12.6. The van der Waals surface area contributed by atoms with Gasteiger partial charge in [-0.2, -0.15) is 4.98 Å². The first-order valence-electron chi connectivity index (χ1n) is 9.90. The van der Waals surface area contributed by atoms with E-state index in [1.807, 2.05) is 4.90 Å². The number of aryl methyl sites for hydroxylation is 1. The Morgan fingerprint density at radius 2 is 1.75 bits per heavy atom. The fraction of sp³-hybridized carbons (Fsp3) is 0.778. The fourth-order valence-electron chi connectivity index (χ4n) is 3.63. The summed E-state index contributed by atoms with van der Waals surface area (Å²) in [5.74, 6) is 2.29. The normalized spacial score (nSPS) is 19.1. The molecule has 2 aliphatic heterocycles. The Bertz CT molecular complexity index is 636. The average molecular weight is 505 g/mol. The monoisotopic (exact) mass is 505 g/mol. The summed E-state index contributed by atoms with van der Waals surface area (Å²) in [7, 11) is 1.78. The lowest BCUT2D eigenvalue weighted by molar-refractivity contribution is -0.132. The Morgan fingerprint density at radius 1 is 1.07 bits per heavy atom. The summed E-state index contributed by atoms with van der Waals surface area (Å²) in [5, 5.41) is 7.17. The van der Waals surface area contributed by atoms with Crippen LogP contribution in [-0.4, -0.2) is 89.6 Å². The van der Waals surface area contributed by atoms with Gasteiger partial charge < -0.3 is 19.6 Å². The van der Waals surface area contributed by atoms with Gasteiger partial charge in [0.1, 0.15) is 0 Å². The molecule has 3 heterocycles. The molecule has 1 aromatic rings.